The van der Waals surface area contributed by atoms with E-state index in [1.807, 2.05) is 25.3 Å². The normalized spacial score (nSPS) is 11.0. The minimum Gasteiger partial charge on any atom is -0.464 e. The second-order valence-corrected chi connectivity index (χ2v) is 6.10. The molecule has 0 saturated carbocycles. The Balaban J connectivity index is 1.91. The number of furan rings is 1. The first-order valence-corrected chi connectivity index (χ1v) is 7.67. The minimum atomic E-state index is -0.122. The summed E-state index contributed by atoms with van der Waals surface area (Å²) in [6.45, 7) is 3.88. The molecule has 0 fully saturated rings. The number of aromatic nitrogens is 1. The molecule has 3 rings (SSSR count). The number of thiazole rings is 1. The van der Waals surface area contributed by atoms with Gasteiger partial charge in [-0.2, -0.15) is 0 Å². The van der Waals surface area contributed by atoms with Crippen molar-refractivity contribution in [1.29, 1.82) is 0 Å². The Labute approximate surface area is 130 Å². The van der Waals surface area contributed by atoms with Gasteiger partial charge in [0, 0.05) is 27.5 Å². The van der Waals surface area contributed by atoms with Crippen molar-refractivity contribution in [1.82, 2.24) is 4.98 Å². The number of aryl methyl sites for hydroxylation is 2. The Kier molecular flexibility index (Phi) is 3.69. The summed E-state index contributed by atoms with van der Waals surface area (Å²) >= 11 is 7.67. The number of nitrogens with zero attached hydrogens (tertiary/aromatic N) is 1. The zero-order valence-electron chi connectivity index (χ0n) is 11.6. The van der Waals surface area contributed by atoms with E-state index in [0.29, 0.717) is 10.2 Å². The minimum absolute atomic E-state index is 0.122. The van der Waals surface area contributed by atoms with E-state index in [1.165, 1.54) is 11.3 Å². The Bertz CT molecular complexity index is 809. The van der Waals surface area contributed by atoms with Crippen LogP contribution in [0.1, 0.15) is 16.7 Å². The summed E-state index contributed by atoms with van der Waals surface area (Å²) in [6.07, 6.45) is 3.50. The summed E-state index contributed by atoms with van der Waals surface area (Å²) in [6, 6.07) is 1.90. The lowest BCUT2D eigenvalue weighted by Gasteiger charge is -2.05. The molecule has 108 valence electrons. The number of carbonyl (C=O) groups is 1. The van der Waals surface area contributed by atoms with Gasteiger partial charge in [0.1, 0.15) is 5.58 Å². The maximum absolute atomic E-state index is 12.1. The molecule has 4 nitrogen and oxygen atoms in total. The van der Waals surface area contributed by atoms with Crippen LogP contribution in [-0.4, -0.2) is 10.9 Å². The number of anilines is 1. The van der Waals surface area contributed by atoms with Gasteiger partial charge in [0.05, 0.1) is 12.7 Å². The van der Waals surface area contributed by atoms with Crippen LogP contribution in [0, 0.1) is 13.8 Å². The molecule has 0 unspecified atom stereocenters. The number of halogens is 1. The van der Waals surface area contributed by atoms with Crippen LogP contribution in [0.3, 0.4) is 0 Å². The van der Waals surface area contributed by atoms with E-state index in [4.69, 9.17) is 16.0 Å². The van der Waals surface area contributed by atoms with Crippen LogP contribution in [-0.2, 0) is 11.2 Å². The van der Waals surface area contributed by atoms with Gasteiger partial charge in [-0.15, -0.1) is 11.3 Å². The van der Waals surface area contributed by atoms with Crippen LogP contribution >= 0.6 is 22.9 Å². The van der Waals surface area contributed by atoms with Gasteiger partial charge >= 0.3 is 0 Å². The lowest BCUT2D eigenvalue weighted by molar-refractivity contribution is -0.115. The zero-order valence-corrected chi connectivity index (χ0v) is 13.1. The fourth-order valence-corrected chi connectivity index (χ4v) is 3.05. The molecule has 0 aliphatic heterocycles. The topological polar surface area (TPSA) is 55.1 Å². The van der Waals surface area contributed by atoms with Gasteiger partial charge in [-0.3, -0.25) is 4.79 Å². The number of benzene rings is 1. The average Bonchev–Trinajstić information content (AvgIpc) is 3.06. The first kappa shape index (κ1) is 14.1. The van der Waals surface area contributed by atoms with Gasteiger partial charge in [0.15, 0.2) is 5.13 Å². The standard InChI is InChI=1S/C15H13ClN2O2S/c1-8-5-11-13(9(2)14(8)16)10(7-20-11)6-12(19)18-15-17-3-4-21-15/h3-5,7H,6H2,1-2H3,(H,17,18,19). The molecule has 0 bridgehead atoms. The fraction of sp³-hybridized carbons (Fsp3) is 0.200. The molecule has 0 aliphatic rings. The molecule has 0 aliphatic carbocycles. The van der Waals surface area contributed by atoms with E-state index in [0.717, 1.165) is 27.7 Å². The smallest absolute Gasteiger partial charge is 0.230 e. The first-order chi connectivity index (χ1) is 10.1. The van der Waals surface area contributed by atoms with E-state index < -0.39 is 0 Å². The van der Waals surface area contributed by atoms with Crippen LogP contribution in [0.25, 0.3) is 11.0 Å². The third-order valence-electron chi connectivity index (χ3n) is 3.32. The van der Waals surface area contributed by atoms with Crippen molar-refractivity contribution in [2.24, 2.45) is 0 Å². The van der Waals surface area contributed by atoms with Crippen molar-refractivity contribution < 1.29 is 9.21 Å². The second-order valence-electron chi connectivity index (χ2n) is 4.83. The van der Waals surface area contributed by atoms with E-state index in [-0.39, 0.29) is 12.3 Å². The molecule has 3 aromatic rings. The molecule has 0 radical (unpaired) electrons. The molecule has 0 saturated heterocycles. The Morgan fingerprint density at radius 3 is 3.00 bits per heavy atom. The highest BCUT2D eigenvalue weighted by Crippen LogP contribution is 2.32. The zero-order chi connectivity index (χ0) is 15.0. The van der Waals surface area contributed by atoms with Gasteiger partial charge < -0.3 is 9.73 Å². The number of fused-ring (bicyclic) bond motifs is 1. The third-order valence-corrected chi connectivity index (χ3v) is 4.59. The van der Waals surface area contributed by atoms with Crippen LogP contribution in [0.2, 0.25) is 5.02 Å². The molecular weight excluding hydrogens is 308 g/mol. The van der Waals surface area contributed by atoms with Crippen molar-refractivity contribution >= 4 is 44.9 Å². The molecule has 2 heterocycles. The molecule has 1 N–H and O–H groups in total. The lowest BCUT2D eigenvalue weighted by atomic mass is 10.0. The molecule has 1 aromatic carbocycles. The van der Waals surface area contributed by atoms with E-state index in [9.17, 15) is 4.79 Å². The summed E-state index contributed by atoms with van der Waals surface area (Å²) in [5, 5.41) is 6.80. The Morgan fingerprint density at radius 1 is 1.48 bits per heavy atom. The van der Waals surface area contributed by atoms with Gasteiger partial charge in [0.2, 0.25) is 5.91 Å². The number of hydrogen-bond donors (Lipinski definition) is 1. The van der Waals surface area contributed by atoms with E-state index in [2.05, 4.69) is 10.3 Å². The summed E-state index contributed by atoms with van der Waals surface area (Å²) in [5.41, 5.74) is 3.50. The number of hydrogen-bond acceptors (Lipinski definition) is 4. The summed E-state index contributed by atoms with van der Waals surface area (Å²) < 4.78 is 5.55. The molecule has 6 heteroatoms. The molecule has 0 atom stereocenters. The predicted molar refractivity (Wildman–Crippen MR) is 85.1 cm³/mol. The monoisotopic (exact) mass is 320 g/mol. The molecule has 21 heavy (non-hydrogen) atoms. The van der Waals surface area contributed by atoms with Crippen molar-refractivity contribution in [3.05, 3.63) is 45.6 Å². The fourth-order valence-electron chi connectivity index (χ4n) is 2.36. The maximum Gasteiger partial charge on any atom is 0.230 e. The van der Waals surface area contributed by atoms with E-state index >= 15 is 0 Å². The van der Waals surface area contributed by atoms with Gasteiger partial charge in [-0.25, -0.2) is 4.98 Å². The van der Waals surface area contributed by atoms with Crippen LogP contribution in [0.15, 0.2) is 28.3 Å². The van der Waals surface area contributed by atoms with Gasteiger partial charge in [0.25, 0.3) is 0 Å². The predicted octanol–water partition coefficient (Wildman–Crippen LogP) is 4.34. The number of carbonyl (C=O) groups excluding carboxylic acids is 1. The number of amides is 1. The van der Waals surface area contributed by atoms with Crippen molar-refractivity contribution in [3.63, 3.8) is 0 Å². The lowest BCUT2D eigenvalue weighted by Crippen LogP contribution is -2.14. The highest BCUT2D eigenvalue weighted by atomic mass is 35.5. The van der Waals surface area contributed by atoms with Crippen LogP contribution < -0.4 is 5.32 Å². The Morgan fingerprint density at radius 2 is 2.29 bits per heavy atom. The maximum atomic E-state index is 12.1. The van der Waals surface area contributed by atoms with Crippen LogP contribution in [0.5, 0.6) is 0 Å². The molecule has 2 aromatic heterocycles. The summed E-state index contributed by atoms with van der Waals surface area (Å²) in [7, 11) is 0. The summed E-state index contributed by atoms with van der Waals surface area (Å²) in [5.74, 6) is -0.122. The number of nitrogens with one attached hydrogen (secondary N) is 1. The average molecular weight is 321 g/mol. The quantitative estimate of drug-likeness (QED) is 0.781. The van der Waals surface area contributed by atoms with Crippen LogP contribution in [0.4, 0.5) is 5.13 Å². The Hall–Kier alpha value is -1.85. The van der Waals surface area contributed by atoms with E-state index in [1.54, 1.807) is 12.5 Å². The van der Waals surface area contributed by atoms with Gasteiger partial charge in [-0.1, -0.05) is 11.6 Å². The highest BCUT2D eigenvalue weighted by Gasteiger charge is 2.16. The SMILES string of the molecule is Cc1cc2occ(CC(=O)Nc3nccs3)c2c(C)c1Cl. The highest BCUT2D eigenvalue weighted by molar-refractivity contribution is 7.13. The molecule has 1 amide bonds. The van der Waals surface area contributed by atoms with Crippen molar-refractivity contribution in [2.45, 2.75) is 20.3 Å². The third kappa shape index (κ3) is 2.66. The first-order valence-electron chi connectivity index (χ1n) is 6.41. The van der Waals surface area contributed by atoms with Crippen molar-refractivity contribution in [3.8, 4) is 0 Å². The number of rotatable bonds is 3. The second kappa shape index (κ2) is 5.50. The summed E-state index contributed by atoms with van der Waals surface area (Å²) in [4.78, 5) is 16.1. The van der Waals surface area contributed by atoms with Gasteiger partial charge in [-0.05, 0) is 31.0 Å². The molecule has 0 spiro atoms. The molecular formula is C15H13ClN2O2S. The van der Waals surface area contributed by atoms with Crippen molar-refractivity contribution in [2.75, 3.05) is 5.32 Å². The largest absolute Gasteiger partial charge is 0.464 e.